The minimum absolute atomic E-state index is 0.228. The number of hydrogen-bond donors (Lipinski definition) is 3. The van der Waals surface area contributed by atoms with Gasteiger partial charge in [0.1, 0.15) is 18.3 Å². The number of halogens is 1. The van der Waals surface area contributed by atoms with Crippen LogP contribution in [-0.2, 0) is 9.47 Å². The highest BCUT2D eigenvalue weighted by Gasteiger charge is 2.48. The summed E-state index contributed by atoms with van der Waals surface area (Å²) in [5.41, 5.74) is 5.24. The summed E-state index contributed by atoms with van der Waals surface area (Å²) in [6.07, 6.45) is -2.22. The summed E-state index contributed by atoms with van der Waals surface area (Å²) in [7, 11) is 0. The fourth-order valence-electron chi connectivity index (χ4n) is 4.80. The maximum atomic E-state index is 9.93. The van der Waals surface area contributed by atoms with Crippen LogP contribution in [0.15, 0.2) is 59.0 Å². The van der Waals surface area contributed by atoms with E-state index in [0.717, 1.165) is 16.7 Å². The Morgan fingerprint density at radius 3 is 2.26 bits per heavy atom. The number of aromatic amines is 1. The van der Waals surface area contributed by atoms with Crippen molar-refractivity contribution >= 4 is 22.8 Å². The van der Waals surface area contributed by atoms with Gasteiger partial charge in [0.2, 0.25) is 0 Å². The van der Waals surface area contributed by atoms with Gasteiger partial charge in [-0.15, -0.1) is 5.10 Å². The second-order valence-electron chi connectivity index (χ2n) is 9.10. The topological polar surface area (TPSA) is 149 Å². The van der Waals surface area contributed by atoms with Gasteiger partial charge in [0.05, 0.1) is 29.4 Å². The van der Waals surface area contributed by atoms with E-state index in [1.54, 1.807) is 6.07 Å². The molecule has 4 atom stereocenters. The minimum atomic E-state index is -0.648. The Hall–Kier alpha value is -4.03. The molecule has 2 aliphatic rings. The molecule has 2 aromatic carbocycles. The molecule has 3 N–H and O–H groups in total. The van der Waals surface area contributed by atoms with Crippen LogP contribution < -0.4 is 4.74 Å². The number of fused-ring (bicyclic) bond motifs is 2. The van der Waals surface area contributed by atoms with Gasteiger partial charge in [0.25, 0.3) is 11.9 Å². The first-order valence-electron chi connectivity index (χ1n) is 11.9. The number of aromatic nitrogens is 5. The second-order valence-corrected chi connectivity index (χ2v) is 9.50. The quantitative estimate of drug-likeness (QED) is 0.306. The fraction of sp³-hybridized carbons (Fsp3) is 0.231. The molecule has 0 unspecified atom stereocenters. The molecule has 0 aliphatic carbocycles. The Bertz CT molecular complexity index is 1620. The molecule has 3 aromatic heterocycles. The molecule has 7 rings (SSSR count). The Balaban J connectivity index is 1.11. The van der Waals surface area contributed by atoms with Crippen LogP contribution in [0.5, 0.6) is 12.1 Å². The smallest absolute Gasteiger partial charge is 0.412 e. The van der Waals surface area contributed by atoms with E-state index in [9.17, 15) is 10.2 Å². The summed E-state index contributed by atoms with van der Waals surface area (Å²) in [5, 5.41) is 26.9. The molecule has 2 aliphatic heterocycles. The number of nitrogens with zero attached hydrogens (tertiary/aromatic N) is 4. The van der Waals surface area contributed by atoms with E-state index in [1.807, 2.05) is 48.5 Å². The van der Waals surface area contributed by atoms with Crippen LogP contribution in [0.25, 0.3) is 45.0 Å². The Morgan fingerprint density at radius 2 is 1.55 bits per heavy atom. The van der Waals surface area contributed by atoms with Gasteiger partial charge >= 0.3 is 6.08 Å². The van der Waals surface area contributed by atoms with E-state index in [2.05, 4.69) is 25.1 Å². The molecular weight excluding hydrogens is 514 g/mol. The molecule has 0 spiro atoms. The first kappa shape index (κ1) is 23.1. The number of aromatic hydroxyl groups is 1. The van der Waals surface area contributed by atoms with E-state index in [4.69, 9.17) is 30.2 Å². The van der Waals surface area contributed by atoms with Crippen molar-refractivity contribution in [3.8, 4) is 45.9 Å². The molecule has 0 saturated carbocycles. The van der Waals surface area contributed by atoms with Crippen molar-refractivity contribution in [2.24, 2.45) is 0 Å². The van der Waals surface area contributed by atoms with Crippen molar-refractivity contribution in [2.45, 2.75) is 24.4 Å². The van der Waals surface area contributed by atoms with Crippen molar-refractivity contribution in [3.63, 3.8) is 0 Å². The van der Waals surface area contributed by atoms with Crippen LogP contribution in [0, 0.1) is 0 Å². The van der Waals surface area contributed by atoms with Crippen molar-refractivity contribution in [3.05, 3.63) is 59.6 Å². The number of rotatable bonds is 5. The molecule has 2 saturated heterocycles. The second kappa shape index (κ2) is 9.07. The van der Waals surface area contributed by atoms with Crippen molar-refractivity contribution in [1.29, 1.82) is 0 Å². The molecule has 0 bridgehead atoms. The van der Waals surface area contributed by atoms with Crippen LogP contribution in [0.1, 0.15) is 0 Å². The number of ether oxygens (including phenoxy) is 3. The molecule has 192 valence electrons. The number of nitrogens with one attached hydrogen (secondary N) is 1. The largest absolute Gasteiger partial charge is 0.465 e. The third-order valence-electron chi connectivity index (χ3n) is 6.69. The minimum Gasteiger partial charge on any atom is -0.465 e. The van der Waals surface area contributed by atoms with Gasteiger partial charge < -0.3 is 33.8 Å². The SMILES string of the molecule is Oc1nnc(-c2ccc(-c3ccc(-c4nc5nc(O[C@@H]6CO[C@H]7[C@@H]6OC[C@H]7O)[nH]c5cc4Cl)cc3)cc2)o1. The molecule has 5 heterocycles. The summed E-state index contributed by atoms with van der Waals surface area (Å²) in [6, 6.07) is 17.5. The lowest BCUT2D eigenvalue weighted by Gasteiger charge is -2.15. The highest BCUT2D eigenvalue weighted by Crippen LogP contribution is 2.33. The summed E-state index contributed by atoms with van der Waals surface area (Å²) in [5.74, 6) is 0.249. The molecule has 11 nitrogen and oxygen atoms in total. The van der Waals surface area contributed by atoms with Crippen LogP contribution >= 0.6 is 11.6 Å². The predicted octanol–water partition coefficient (Wildman–Crippen LogP) is 3.61. The van der Waals surface area contributed by atoms with E-state index < -0.39 is 12.2 Å². The van der Waals surface area contributed by atoms with Gasteiger partial charge in [0, 0.05) is 11.1 Å². The standard InChI is InChI=1S/C26H20ClN5O6/c27-16-9-17-23(30-25(28-17)37-19-11-36-21-18(33)10-35-22(19)21)29-20(16)14-5-1-12(2-6-14)13-3-7-15(8-4-13)24-31-32-26(34)38-24/h1-9,18-19,21-22,33H,10-11H2,(H,32,34)(H,28,29,30)/t18-,19-,21-,22-/m1/s1. The number of aliphatic hydroxyl groups excluding tert-OH is 1. The molecule has 2 fully saturated rings. The summed E-state index contributed by atoms with van der Waals surface area (Å²) in [6.45, 7) is 0.532. The van der Waals surface area contributed by atoms with Gasteiger partial charge in [-0.25, -0.2) is 4.98 Å². The highest BCUT2D eigenvalue weighted by atomic mass is 35.5. The lowest BCUT2D eigenvalue weighted by atomic mass is 10.0. The maximum absolute atomic E-state index is 9.93. The van der Waals surface area contributed by atoms with E-state index in [1.165, 1.54) is 0 Å². The molecule has 5 aromatic rings. The van der Waals surface area contributed by atoms with E-state index in [-0.39, 0.29) is 36.8 Å². The summed E-state index contributed by atoms with van der Waals surface area (Å²) in [4.78, 5) is 12.2. The van der Waals surface area contributed by atoms with E-state index >= 15 is 0 Å². The average Bonchev–Trinajstić information content (AvgIpc) is 3.71. The molecule has 12 heteroatoms. The van der Waals surface area contributed by atoms with Gasteiger partial charge in [-0.05, 0) is 29.3 Å². The maximum Gasteiger partial charge on any atom is 0.412 e. The number of pyridine rings is 1. The van der Waals surface area contributed by atoms with E-state index in [0.29, 0.717) is 34.1 Å². The Morgan fingerprint density at radius 1 is 0.868 bits per heavy atom. The molecule has 0 radical (unpaired) electrons. The zero-order chi connectivity index (χ0) is 25.8. The van der Waals surface area contributed by atoms with Crippen LogP contribution in [0.4, 0.5) is 0 Å². The third kappa shape index (κ3) is 4.05. The lowest BCUT2D eigenvalue weighted by molar-refractivity contribution is 0.00706. The predicted molar refractivity (Wildman–Crippen MR) is 135 cm³/mol. The van der Waals surface area contributed by atoms with Crippen LogP contribution in [0.2, 0.25) is 5.02 Å². The summed E-state index contributed by atoms with van der Waals surface area (Å²) < 4.78 is 22.3. The number of hydrogen-bond acceptors (Lipinski definition) is 10. The Kier molecular flexibility index (Phi) is 5.51. The number of aliphatic hydroxyl groups is 1. The normalized spacial score (nSPS) is 22.7. The molecule has 38 heavy (non-hydrogen) atoms. The van der Waals surface area contributed by atoms with Gasteiger partial charge in [0.15, 0.2) is 11.8 Å². The van der Waals surface area contributed by atoms with Crippen LogP contribution in [-0.4, -0.2) is 73.0 Å². The molecular formula is C26H20ClN5O6. The number of benzene rings is 2. The first-order chi connectivity index (χ1) is 18.5. The van der Waals surface area contributed by atoms with Gasteiger partial charge in [-0.2, -0.15) is 4.98 Å². The zero-order valence-corrected chi connectivity index (χ0v) is 20.4. The van der Waals surface area contributed by atoms with Gasteiger partial charge in [-0.3, -0.25) is 0 Å². The fourth-order valence-corrected chi connectivity index (χ4v) is 5.06. The Labute approximate surface area is 220 Å². The third-order valence-corrected chi connectivity index (χ3v) is 6.98. The monoisotopic (exact) mass is 533 g/mol. The van der Waals surface area contributed by atoms with Crippen LogP contribution in [0.3, 0.4) is 0 Å². The highest BCUT2D eigenvalue weighted by molar-refractivity contribution is 6.33. The average molecular weight is 534 g/mol. The summed E-state index contributed by atoms with van der Waals surface area (Å²) >= 11 is 6.58. The number of H-pyrrole nitrogens is 1. The van der Waals surface area contributed by atoms with Crippen molar-refractivity contribution in [2.75, 3.05) is 13.2 Å². The zero-order valence-electron chi connectivity index (χ0n) is 19.6. The molecule has 0 amide bonds. The lowest BCUT2D eigenvalue weighted by Crippen LogP contribution is -2.34. The number of imidazole rings is 1. The van der Waals surface area contributed by atoms with Crippen molar-refractivity contribution in [1.82, 2.24) is 25.1 Å². The van der Waals surface area contributed by atoms with Crippen molar-refractivity contribution < 1.29 is 28.8 Å². The first-order valence-corrected chi connectivity index (χ1v) is 12.3. The van der Waals surface area contributed by atoms with Gasteiger partial charge in [-0.1, -0.05) is 53.1 Å².